The first-order chi connectivity index (χ1) is 15.2. The summed E-state index contributed by atoms with van der Waals surface area (Å²) in [4.78, 5) is 4.48. The van der Waals surface area contributed by atoms with Crippen LogP contribution in [0.3, 0.4) is 0 Å². The standard InChI is InChI=1S/C26H13N5/c27-14-17-7-9-24-21(12-17)22-13-18(15-28)8-10-25(22)31(24)23-6-2-1-5-20(23)26-19(16-29)4-3-11-30-26/h1-13H. The van der Waals surface area contributed by atoms with Crippen LogP contribution in [0, 0.1) is 34.0 Å². The van der Waals surface area contributed by atoms with Crippen LogP contribution < -0.4 is 0 Å². The first kappa shape index (κ1) is 18.1. The third kappa shape index (κ3) is 2.80. The monoisotopic (exact) mass is 395 g/mol. The van der Waals surface area contributed by atoms with Gasteiger partial charge in [0.2, 0.25) is 0 Å². The maximum absolute atomic E-state index is 9.60. The molecule has 142 valence electrons. The molecule has 0 aliphatic heterocycles. The summed E-state index contributed by atoms with van der Waals surface area (Å²) in [6.45, 7) is 0. The average molecular weight is 395 g/mol. The molecule has 0 atom stereocenters. The molecule has 0 unspecified atom stereocenters. The highest BCUT2D eigenvalue weighted by molar-refractivity contribution is 6.10. The lowest BCUT2D eigenvalue weighted by Crippen LogP contribution is -1.99. The van der Waals surface area contributed by atoms with Gasteiger partial charge in [-0.3, -0.25) is 4.98 Å². The van der Waals surface area contributed by atoms with Crippen molar-refractivity contribution in [1.29, 1.82) is 15.8 Å². The van der Waals surface area contributed by atoms with Crippen LogP contribution in [0.15, 0.2) is 79.0 Å². The number of nitrogens with zero attached hydrogens (tertiary/aromatic N) is 5. The van der Waals surface area contributed by atoms with Crippen LogP contribution in [0.25, 0.3) is 38.8 Å². The number of fused-ring (bicyclic) bond motifs is 3. The average Bonchev–Trinajstić information content (AvgIpc) is 3.16. The Balaban J connectivity index is 1.92. The highest BCUT2D eigenvalue weighted by Crippen LogP contribution is 2.37. The van der Waals surface area contributed by atoms with Gasteiger partial charge in [0.1, 0.15) is 6.07 Å². The van der Waals surface area contributed by atoms with Crippen LogP contribution in [0.1, 0.15) is 16.7 Å². The molecule has 31 heavy (non-hydrogen) atoms. The van der Waals surface area contributed by atoms with Gasteiger partial charge in [0.25, 0.3) is 0 Å². The molecule has 5 heteroatoms. The number of para-hydroxylation sites is 1. The van der Waals surface area contributed by atoms with E-state index in [1.165, 1.54) is 0 Å². The largest absolute Gasteiger partial charge is 0.309 e. The van der Waals surface area contributed by atoms with E-state index in [9.17, 15) is 15.8 Å². The van der Waals surface area contributed by atoms with Crippen molar-refractivity contribution in [2.75, 3.05) is 0 Å². The van der Waals surface area contributed by atoms with Gasteiger partial charge in [-0.25, -0.2) is 0 Å². The summed E-state index contributed by atoms with van der Waals surface area (Å²) in [5.41, 5.74) is 5.72. The molecule has 0 fully saturated rings. The normalized spacial score (nSPS) is 10.5. The molecule has 0 radical (unpaired) electrons. The van der Waals surface area contributed by atoms with Gasteiger partial charge in [-0.05, 0) is 54.6 Å². The van der Waals surface area contributed by atoms with E-state index in [2.05, 4.69) is 27.8 Å². The minimum absolute atomic E-state index is 0.495. The Morgan fingerprint density at radius 3 is 1.94 bits per heavy atom. The molecular formula is C26H13N5. The number of aromatic nitrogens is 2. The molecule has 5 nitrogen and oxygen atoms in total. The minimum Gasteiger partial charge on any atom is -0.309 e. The van der Waals surface area contributed by atoms with E-state index >= 15 is 0 Å². The van der Waals surface area contributed by atoms with Crippen LogP contribution in [-0.4, -0.2) is 9.55 Å². The Bertz CT molecular complexity index is 1550. The van der Waals surface area contributed by atoms with E-state index in [4.69, 9.17) is 0 Å². The highest BCUT2D eigenvalue weighted by atomic mass is 15.0. The van der Waals surface area contributed by atoms with Gasteiger partial charge in [0.15, 0.2) is 0 Å². The van der Waals surface area contributed by atoms with Gasteiger partial charge in [-0.2, -0.15) is 15.8 Å². The van der Waals surface area contributed by atoms with Crippen molar-refractivity contribution in [3.8, 4) is 35.2 Å². The minimum atomic E-state index is 0.495. The van der Waals surface area contributed by atoms with Gasteiger partial charge < -0.3 is 4.57 Å². The molecule has 0 aliphatic carbocycles. The molecule has 3 aromatic carbocycles. The summed E-state index contributed by atoms with van der Waals surface area (Å²) >= 11 is 0. The summed E-state index contributed by atoms with van der Waals surface area (Å²) in [5.74, 6) is 0. The number of rotatable bonds is 2. The van der Waals surface area contributed by atoms with Crippen molar-refractivity contribution in [2.45, 2.75) is 0 Å². The fourth-order valence-corrected chi connectivity index (χ4v) is 4.00. The first-order valence-electron chi connectivity index (χ1n) is 9.58. The van der Waals surface area contributed by atoms with E-state index < -0.39 is 0 Å². The van der Waals surface area contributed by atoms with Crippen molar-refractivity contribution in [3.63, 3.8) is 0 Å². The number of nitriles is 3. The summed E-state index contributed by atoms with van der Waals surface area (Å²) in [6.07, 6.45) is 1.68. The van der Waals surface area contributed by atoms with Gasteiger partial charge in [-0.15, -0.1) is 0 Å². The van der Waals surface area contributed by atoms with Crippen LogP contribution in [0.2, 0.25) is 0 Å². The molecule has 5 aromatic rings. The molecule has 0 amide bonds. The van der Waals surface area contributed by atoms with Gasteiger partial charge in [-0.1, -0.05) is 18.2 Å². The second-order valence-electron chi connectivity index (χ2n) is 7.05. The molecule has 2 aromatic heterocycles. The fourth-order valence-electron chi connectivity index (χ4n) is 4.00. The summed E-state index contributed by atoms with van der Waals surface area (Å²) in [7, 11) is 0. The lowest BCUT2D eigenvalue weighted by atomic mass is 10.0. The highest BCUT2D eigenvalue weighted by Gasteiger charge is 2.18. The van der Waals surface area contributed by atoms with Crippen LogP contribution in [0.5, 0.6) is 0 Å². The molecule has 2 heterocycles. The predicted octanol–water partition coefficient (Wildman–Crippen LogP) is 5.46. The molecule has 5 rings (SSSR count). The molecule has 0 saturated heterocycles. The third-order valence-electron chi connectivity index (χ3n) is 5.35. The van der Waals surface area contributed by atoms with Crippen LogP contribution in [-0.2, 0) is 0 Å². The van der Waals surface area contributed by atoms with E-state index in [0.717, 1.165) is 33.1 Å². The zero-order valence-electron chi connectivity index (χ0n) is 16.2. The van der Waals surface area contributed by atoms with Crippen molar-refractivity contribution in [1.82, 2.24) is 9.55 Å². The van der Waals surface area contributed by atoms with Gasteiger partial charge in [0.05, 0.1) is 51.2 Å². The smallest absolute Gasteiger partial charge is 0.101 e. The lowest BCUT2D eigenvalue weighted by Gasteiger charge is -2.14. The Hall–Kier alpha value is -4.92. The van der Waals surface area contributed by atoms with Crippen molar-refractivity contribution >= 4 is 21.8 Å². The molecule has 0 spiro atoms. The van der Waals surface area contributed by atoms with Crippen LogP contribution >= 0.6 is 0 Å². The topological polar surface area (TPSA) is 89.2 Å². The SMILES string of the molecule is N#Cc1ccc2c(c1)c1cc(C#N)ccc1n2-c1ccccc1-c1ncccc1C#N. The Labute approximate surface area is 178 Å². The number of hydrogen-bond donors (Lipinski definition) is 0. The van der Waals surface area contributed by atoms with E-state index in [1.54, 1.807) is 30.5 Å². The number of pyridine rings is 1. The molecule has 0 bridgehead atoms. The number of hydrogen-bond acceptors (Lipinski definition) is 4. The quantitative estimate of drug-likeness (QED) is 0.397. The Kier molecular flexibility index (Phi) is 4.19. The molecule has 0 aliphatic rings. The number of benzene rings is 3. The fraction of sp³-hybridized carbons (Fsp3) is 0. The molecular weight excluding hydrogens is 382 g/mol. The maximum Gasteiger partial charge on any atom is 0.101 e. The summed E-state index contributed by atoms with van der Waals surface area (Å²) in [5, 5.41) is 30.2. The molecule has 0 saturated carbocycles. The zero-order chi connectivity index (χ0) is 21.4. The van der Waals surface area contributed by atoms with E-state index in [0.29, 0.717) is 22.4 Å². The van der Waals surface area contributed by atoms with Crippen molar-refractivity contribution in [2.24, 2.45) is 0 Å². The second-order valence-corrected chi connectivity index (χ2v) is 7.05. The third-order valence-corrected chi connectivity index (χ3v) is 5.35. The van der Waals surface area contributed by atoms with Crippen molar-refractivity contribution in [3.05, 3.63) is 95.7 Å². The first-order valence-corrected chi connectivity index (χ1v) is 9.58. The predicted molar refractivity (Wildman–Crippen MR) is 118 cm³/mol. The lowest BCUT2D eigenvalue weighted by molar-refractivity contribution is 1.17. The Morgan fingerprint density at radius 2 is 1.32 bits per heavy atom. The second kappa shape index (κ2) is 7.16. The zero-order valence-corrected chi connectivity index (χ0v) is 16.2. The van der Waals surface area contributed by atoms with Gasteiger partial charge >= 0.3 is 0 Å². The Morgan fingerprint density at radius 1 is 0.677 bits per heavy atom. The summed E-state index contributed by atoms with van der Waals surface area (Å²) in [6, 6.07) is 29.0. The molecule has 0 N–H and O–H groups in total. The van der Waals surface area contributed by atoms with Crippen LogP contribution in [0.4, 0.5) is 0 Å². The van der Waals surface area contributed by atoms with E-state index in [-0.39, 0.29) is 0 Å². The van der Waals surface area contributed by atoms with Crippen molar-refractivity contribution < 1.29 is 0 Å². The summed E-state index contributed by atoms with van der Waals surface area (Å²) < 4.78 is 2.10. The van der Waals surface area contributed by atoms with Gasteiger partial charge in [0, 0.05) is 22.5 Å². The maximum atomic E-state index is 9.60. The van der Waals surface area contributed by atoms with E-state index in [1.807, 2.05) is 48.5 Å².